The first-order valence-corrected chi connectivity index (χ1v) is 16.8. The van der Waals surface area contributed by atoms with Gasteiger partial charge in [-0.25, -0.2) is 0 Å². The van der Waals surface area contributed by atoms with Crippen LogP contribution in [0.4, 0.5) is 0 Å². The number of rotatable bonds is 3. The molecule has 17 atom stereocenters. The van der Waals surface area contributed by atoms with Crippen LogP contribution >= 0.6 is 0 Å². The van der Waals surface area contributed by atoms with Crippen LogP contribution in [0, 0.1) is 58.7 Å². The lowest BCUT2D eigenvalue weighted by Crippen LogP contribution is -2.60. The predicted molar refractivity (Wildman–Crippen MR) is 151 cm³/mol. The monoisotopic (exact) mass is 575 g/mol. The van der Waals surface area contributed by atoms with Crippen molar-refractivity contribution >= 4 is 5.78 Å². The lowest BCUT2D eigenvalue weighted by molar-refractivity contribution is -0.315. The van der Waals surface area contributed by atoms with Crippen molar-refractivity contribution in [1.82, 2.24) is 4.90 Å². The molecule has 41 heavy (non-hydrogen) atoms. The predicted octanol–water partition coefficient (Wildman–Crippen LogP) is 2.60. The Morgan fingerprint density at radius 2 is 1.68 bits per heavy atom. The third-order valence-corrected chi connectivity index (χ3v) is 13.9. The van der Waals surface area contributed by atoms with Crippen molar-refractivity contribution in [3.8, 4) is 0 Å². The molecule has 8 heteroatoms. The zero-order valence-electron chi connectivity index (χ0n) is 25.2. The fourth-order valence-corrected chi connectivity index (χ4v) is 11.8. The van der Waals surface area contributed by atoms with E-state index in [2.05, 4.69) is 25.7 Å². The van der Waals surface area contributed by atoms with E-state index in [1.807, 2.05) is 0 Å². The highest BCUT2D eigenvalue weighted by Crippen LogP contribution is 2.66. The van der Waals surface area contributed by atoms with E-state index in [9.17, 15) is 25.2 Å². The van der Waals surface area contributed by atoms with Gasteiger partial charge in [0.1, 0.15) is 30.2 Å². The molecule has 0 aromatic heterocycles. The molecule has 0 bridgehead atoms. The second kappa shape index (κ2) is 10.8. The lowest BCUT2D eigenvalue weighted by Gasteiger charge is -2.56. The van der Waals surface area contributed by atoms with Gasteiger partial charge in [0.2, 0.25) is 0 Å². The van der Waals surface area contributed by atoms with Gasteiger partial charge in [0.25, 0.3) is 0 Å². The highest BCUT2D eigenvalue weighted by atomic mass is 16.7. The van der Waals surface area contributed by atoms with Crippen LogP contribution in [0.15, 0.2) is 0 Å². The van der Waals surface area contributed by atoms with Gasteiger partial charge in [-0.1, -0.05) is 20.8 Å². The molecule has 12 unspecified atom stereocenters. The SMILES string of the molecule is CC1CCC2C(C)C3CCC4C(CC5C4CC(=O)C4CC(O[C@@H]6O[C@H](CO)[C@@H](O)[C@@H](O)[C@H]6O)CCC45C)C3CN2C1. The van der Waals surface area contributed by atoms with Crippen molar-refractivity contribution in [3.63, 3.8) is 0 Å². The molecular weight excluding hydrogens is 522 g/mol. The maximum Gasteiger partial charge on any atom is 0.186 e. The van der Waals surface area contributed by atoms with Gasteiger partial charge < -0.3 is 29.9 Å². The Labute approximate surface area is 245 Å². The normalized spacial score (nSPS) is 57.2. The standard InChI is InChI=1S/C33H53NO7/c1-16-4-7-26-17(2)19-5-6-20-21(23(19)14-34(26)13-16)11-24-22(20)12-27(36)25-10-18(8-9-33(24,25)3)40-32-31(39)30(38)29(37)28(15-35)41-32/h16-26,28-32,35,37-39H,4-15H2,1-3H3/t16?,17?,18?,19?,20?,21?,22?,23?,24?,25?,26?,28-,29-,30-,31-,32-,33?/m1/s1. The molecule has 8 nitrogen and oxygen atoms in total. The highest BCUT2D eigenvalue weighted by Gasteiger charge is 2.63. The molecule has 3 aliphatic heterocycles. The first kappa shape index (κ1) is 29.1. The molecule has 3 saturated heterocycles. The number of hydrogen-bond acceptors (Lipinski definition) is 8. The molecule has 0 spiro atoms. The summed E-state index contributed by atoms with van der Waals surface area (Å²) >= 11 is 0. The van der Waals surface area contributed by atoms with Gasteiger partial charge in [0.15, 0.2) is 6.29 Å². The number of aliphatic hydroxyl groups excluding tert-OH is 4. The van der Waals surface area contributed by atoms with Gasteiger partial charge in [-0.05, 0) is 104 Å². The average molecular weight is 576 g/mol. The van der Waals surface area contributed by atoms with Crippen LogP contribution in [0.3, 0.4) is 0 Å². The maximum atomic E-state index is 13.9. The number of carbonyl (C=O) groups is 1. The molecule has 4 N–H and O–H groups in total. The second-order valence-corrected chi connectivity index (χ2v) is 15.8. The molecule has 4 aliphatic carbocycles. The number of aliphatic hydroxyl groups is 4. The lowest BCUT2D eigenvalue weighted by atomic mass is 9.51. The number of Topliss-reactive ketones (excluding diaryl/α,β-unsaturated/α-hetero) is 1. The number of ether oxygens (including phenoxy) is 2. The molecule has 0 aromatic rings. The van der Waals surface area contributed by atoms with Gasteiger partial charge in [-0.15, -0.1) is 0 Å². The van der Waals surface area contributed by atoms with E-state index in [0.29, 0.717) is 36.4 Å². The Bertz CT molecular complexity index is 991. The zero-order valence-corrected chi connectivity index (χ0v) is 25.2. The fraction of sp³-hybridized carbons (Fsp3) is 0.970. The molecule has 7 rings (SSSR count). The molecule has 7 aliphatic rings. The van der Waals surface area contributed by atoms with Crippen molar-refractivity contribution in [3.05, 3.63) is 0 Å². The molecule has 7 fully saturated rings. The Kier molecular flexibility index (Phi) is 7.66. The summed E-state index contributed by atoms with van der Waals surface area (Å²) in [6, 6.07) is 0.773. The van der Waals surface area contributed by atoms with Gasteiger partial charge in [0.05, 0.1) is 12.7 Å². The Balaban J connectivity index is 1.06. The number of ketones is 1. The van der Waals surface area contributed by atoms with E-state index in [4.69, 9.17) is 9.47 Å². The van der Waals surface area contributed by atoms with Crippen LogP contribution in [0.25, 0.3) is 0 Å². The fourth-order valence-electron chi connectivity index (χ4n) is 11.8. The maximum absolute atomic E-state index is 13.9. The zero-order chi connectivity index (χ0) is 28.8. The molecule has 4 saturated carbocycles. The minimum Gasteiger partial charge on any atom is -0.394 e. The highest BCUT2D eigenvalue weighted by molar-refractivity contribution is 5.83. The van der Waals surface area contributed by atoms with Crippen molar-refractivity contribution < 1.29 is 34.7 Å². The molecule has 232 valence electrons. The molecule has 0 amide bonds. The average Bonchev–Trinajstić information content (AvgIpc) is 3.34. The van der Waals surface area contributed by atoms with E-state index in [-0.39, 0.29) is 17.4 Å². The van der Waals surface area contributed by atoms with E-state index in [1.165, 1.54) is 45.2 Å². The number of hydrogen-bond donors (Lipinski definition) is 4. The van der Waals surface area contributed by atoms with Crippen LogP contribution in [-0.2, 0) is 14.3 Å². The van der Waals surface area contributed by atoms with Gasteiger partial charge >= 0.3 is 0 Å². The van der Waals surface area contributed by atoms with E-state index in [1.54, 1.807) is 0 Å². The summed E-state index contributed by atoms with van der Waals surface area (Å²) in [5.41, 5.74) is -0.0233. The van der Waals surface area contributed by atoms with E-state index in [0.717, 1.165) is 48.5 Å². The van der Waals surface area contributed by atoms with Crippen molar-refractivity contribution in [1.29, 1.82) is 0 Å². The minimum atomic E-state index is -1.45. The molecule has 3 heterocycles. The second-order valence-electron chi connectivity index (χ2n) is 15.8. The van der Waals surface area contributed by atoms with Gasteiger partial charge in [-0.3, -0.25) is 9.69 Å². The van der Waals surface area contributed by atoms with Gasteiger partial charge in [0, 0.05) is 31.5 Å². The molecule has 0 aromatic carbocycles. The molecular formula is C33H53NO7. The number of fused-ring (bicyclic) bond motifs is 8. The van der Waals surface area contributed by atoms with E-state index < -0.39 is 37.3 Å². The van der Waals surface area contributed by atoms with Crippen LogP contribution in [0.2, 0.25) is 0 Å². The minimum absolute atomic E-state index is 0.0233. The van der Waals surface area contributed by atoms with E-state index >= 15 is 0 Å². The largest absolute Gasteiger partial charge is 0.394 e. The summed E-state index contributed by atoms with van der Waals surface area (Å²) in [6.07, 6.45) is 3.05. The first-order valence-electron chi connectivity index (χ1n) is 16.8. The number of piperidine rings is 2. The third kappa shape index (κ3) is 4.60. The van der Waals surface area contributed by atoms with Crippen LogP contribution in [0.1, 0.15) is 78.6 Å². The topological polar surface area (TPSA) is 120 Å². The van der Waals surface area contributed by atoms with Crippen molar-refractivity contribution in [2.75, 3.05) is 19.7 Å². The summed E-state index contributed by atoms with van der Waals surface area (Å²) in [5.74, 6) is 6.08. The Morgan fingerprint density at radius 3 is 2.46 bits per heavy atom. The summed E-state index contributed by atoms with van der Waals surface area (Å²) in [5, 5.41) is 40.4. The van der Waals surface area contributed by atoms with Crippen molar-refractivity contribution in [2.45, 2.75) is 121 Å². The van der Waals surface area contributed by atoms with Crippen molar-refractivity contribution in [2.24, 2.45) is 58.7 Å². The van der Waals surface area contributed by atoms with Crippen LogP contribution in [0.5, 0.6) is 0 Å². The summed E-state index contributed by atoms with van der Waals surface area (Å²) in [4.78, 5) is 16.7. The Morgan fingerprint density at radius 1 is 0.902 bits per heavy atom. The van der Waals surface area contributed by atoms with Crippen LogP contribution in [-0.4, -0.2) is 93.7 Å². The number of nitrogens with zero attached hydrogens (tertiary/aromatic N) is 1. The Hall–Kier alpha value is -0.610. The molecule has 0 radical (unpaired) electrons. The summed E-state index contributed by atoms with van der Waals surface area (Å²) in [7, 11) is 0. The summed E-state index contributed by atoms with van der Waals surface area (Å²) in [6.45, 7) is 9.41. The van der Waals surface area contributed by atoms with Gasteiger partial charge in [-0.2, -0.15) is 0 Å². The van der Waals surface area contributed by atoms with Crippen LogP contribution < -0.4 is 0 Å². The summed E-state index contributed by atoms with van der Waals surface area (Å²) < 4.78 is 11.8. The quantitative estimate of drug-likeness (QED) is 0.379. The third-order valence-electron chi connectivity index (χ3n) is 13.9. The number of carbonyl (C=O) groups excluding carboxylic acids is 1. The smallest absolute Gasteiger partial charge is 0.186 e. The first-order chi connectivity index (χ1) is 19.6.